The van der Waals surface area contributed by atoms with E-state index in [1.165, 1.54) is 16.9 Å². The fraction of sp³-hybridized carbons (Fsp3) is 0.625. The molecule has 0 spiro atoms. The van der Waals surface area contributed by atoms with Crippen molar-refractivity contribution in [1.29, 1.82) is 0 Å². The molecule has 0 aliphatic heterocycles. The molecule has 21 heavy (non-hydrogen) atoms. The third kappa shape index (κ3) is 4.06. The first-order chi connectivity index (χ1) is 10.0. The molecule has 0 saturated heterocycles. The van der Waals surface area contributed by atoms with Crippen molar-refractivity contribution in [2.45, 2.75) is 52.5 Å². The van der Waals surface area contributed by atoms with Crippen LogP contribution in [0.1, 0.15) is 53.7 Å². The minimum Gasteiger partial charge on any atom is -0.354 e. The Hall–Kier alpha value is -1.36. The van der Waals surface area contributed by atoms with Crippen molar-refractivity contribution >= 4 is 23.2 Å². The molecule has 1 aromatic rings. The van der Waals surface area contributed by atoms with Crippen LogP contribution in [0.3, 0.4) is 0 Å². The van der Waals surface area contributed by atoms with Gasteiger partial charge in [-0.3, -0.25) is 9.59 Å². The van der Waals surface area contributed by atoms with Crippen LogP contribution in [0.15, 0.2) is 6.07 Å². The van der Waals surface area contributed by atoms with E-state index in [-0.39, 0.29) is 11.8 Å². The molecule has 0 unspecified atom stereocenters. The molecule has 0 bridgehead atoms. The van der Waals surface area contributed by atoms with Gasteiger partial charge in [0.2, 0.25) is 5.91 Å². The quantitative estimate of drug-likeness (QED) is 0.878. The molecule has 4 nitrogen and oxygen atoms in total. The standard InChI is InChI=1S/C16H24N2O2S/c1-4-7-17-15(19)11(3)18-16(20)14-9-12-8-10(2)5-6-13(12)21-14/h9-11H,4-8H2,1-3H3,(H,17,19)(H,18,20)/t10-,11+/m1/s1. The van der Waals surface area contributed by atoms with Crippen LogP contribution in [0.5, 0.6) is 0 Å². The van der Waals surface area contributed by atoms with E-state index in [4.69, 9.17) is 0 Å². The van der Waals surface area contributed by atoms with Gasteiger partial charge in [-0.25, -0.2) is 0 Å². The Balaban J connectivity index is 1.96. The van der Waals surface area contributed by atoms with Gasteiger partial charge in [-0.1, -0.05) is 13.8 Å². The van der Waals surface area contributed by atoms with Crippen LogP contribution in [0.2, 0.25) is 0 Å². The number of thiophene rings is 1. The summed E-state index contributed by atoms with van der Waals surface area (Å²) < 4.78 is 0. The number of rotatable bonds is 5. The van der Waals surface area contributed by atoms with Crippen LogP contribution < -0.4 is 10.6 Å². The number of aryl methyl sites for hydroxylation is 1. The second-order valence-corrected chi connectivity index (χ2v) is 7.03. The van der Waals surface area contributed by atoms with E-state index in [1.807, 2.05) is 13.0 Å². The van der Waals surface area contributed by atoms with Gasteiger partial charge in [-0.05, 0) is 50.2 Å². The highest BCUT2D eigenvalue weighted by molar-refractivity contribution is 7.14. The van der Waals surface area contributed by atoms with Gasteiger partial charge in [-0.15, -0.1) is 11.3 Å². The summed E-state index contributed by atoms with van der Waals surface area (Å²) in [4.78, 5) is 26.1. The summed E-state index contributed by atoms with van der Waals surface area (Å²) in [5.74, 6) is 0.433. The molecule has 1 aromatic heterocycles. The smallest absolute Gasteiger partial charge is 0.262 e. The summed E-state index contributed by atoms with van der Waals surface area (Å²) in [6.45, 7) is 6.61. The van der Waals surface area contributed by atoms with Gasteiger partial charge in [0, 0.05) is 11.4 Å². The topological polar surface area (TPSA) is 58.2 Å². The summed E-state index contributed by atoms with van der Waals surface area (Å²) in [5.41, 5.74) is 1.31. The first-order valence-electron chi connectivity index (χ1n) is 7.71. The van der Waals surface area contributed by atoms with Crippen molar-refractivity contribution in [3.8, 4) is 0 Å². The Labute approximate surface area is 130 Å². The minimum absolute atomic E-state index is 0.125. The molecule has 116 valence electrons. The molecule has 2 rings (SSSR count). The van der Waals surface area contributed by atoms with E-state index in [0.29, 0.717) is 12.5 Å². The van der Waals surface area contributed by atoms with Crippen LogP contribution >= 0.6 is 11.3 Å². The third-order valence-corrected chi connectivity index (χ3v) is 5.08. The normalized spacial score (nSPS) is 18.7. The van der Waals surface area contributed by atoms with Gasteiger partial charge >= 0.3 is 0 Å². The molecule has 0 fully saturated rings. The molecule has 1 aliphatic carbocycles. The molecule has 5 heteroatoms. The number of hydrogen-bond donors (Lipinski definition) is 2. The van der Waals surface area contributed by atoms with Crippen molar-refractivity contribution in [3.63, 3.8) is 0 Å². The lowest BCUT2D eigenvalue weighted by Gasteiger charge is -2.16. The van der Waals surface area contributed by atoms with Gasteiger partial charge < -0.3 is 10.6 Å². The van der Waals surface area contributed by atoms with Crippen LogP contribution in [0.25, 0.3) is 0 Å². The highest BCUT2D eigenvalue weighted by atomic mass is 32.1. The fourth-order valence-electron chi connectivity index (χ4n) is 2.55. The van der Waals surface area contributed by atoms with E-state index < -0.39 is 6.04 Å². The Bertz CT molecular complexity index is 524. The predicted molar refractivity (Wildman–Crippen MR) is 85.7 cm³/mol. The zero-order valence-corrected chi connectivity index (χ0v) is 13.8. The van der Waals surface area contributed by atoms with Crippen molar-refractivity contribution < 1.29 is 9.59 Å². The highest BCUT2D eigenvalue weighted by Crippen LogP contribution is 2.32. The molecular formula is C16H24N2O2S. The molecule has 0 radical (unpaired) electrons. The SMILES string of the molecule is CCCNC(=O)[C@H](C)NC(=O)c1cc2c(s1)CC[C@@H](C)C2. The molecule has 2 atom stereocenters. The van der Waals surface area contributed by atoms with E-state index in [1.54, 1.807) is 18.3 Å². The van der Waals surface area contributed by atoms with Crippen molar-refractivity contribution in [3.05, 3.63) is 21.4 Å². The lowest BCUT2D eigenvalue weighted by molar-refractivity contribution is -0.122. The fourth-order valence-corrected chi connectivity index (χ4v) is 3.66. The van der Waals surface area contributed by atoms with Crippen LogP contribution in [-0.4, -0.2) is 24.4 Å². The Morgan fingerprint density at radius 2 is 2.24 bits per heavy atom. The van der Waals surface area contributed by atoms with Crippen molar-refractivity contribution in [2.24, 2.45) is 5.92 Å². The molecule has 0 saturated carbocycles. The number of fused-ring (bicyclic) bond motifs is 1. The number of hydrogen-bond acceptors (Lipinski definition) is 3. The van der Waals surface area contributed by atoms with Gasteiger partial charge in [0.1, 0.15) is 6.04 Å². The molecule has 2 N–H and O–H groups in total. The van der Waals surface area contributed by atoms with Gasteiger partial charge in [-0.2, -0.15) is 0 Å². The van der Waals surface area contributed by atoms with E-state index in [2.05, 4.69) is 17.6 Å². The van der Waals surface area contributed by atoms with Gasteiger partial charge in [0.05, 0.1) is 4.88 Å². The summed E-state index contributed by atoms with van der Waals surface area (Å²) in [6.07, 6.45) is 4.22. The summed E-state index contributed by atoms with van der Waals surface area (Å²) in [5, 5.41) is 5.58. The minimum atomic E-state index is -0.498. The molecule has 1 heterocycles. The first kappa shape index (κ1) is 16.0. The molecule has 0 aromatic carbocycles. The summed E-state index contributed by atoms with van der Waals surface area (Å²) in [7, 11) is 0. The molecule has 1 aliphatic rings. The summed E-state index contributed by atoms with van der Waals surface area (Å²) >= 11 is 1.57. The van der Waals surface area contributed by atoms with Gasteiger partial charge in [0.25, 0.3) is 5.91 Å². The van der Waals surface area contributed by atoms with Gasteiger partial charge in [0.15, 0.2) is 0 Å². The van der Waals surface area contributed by atoms with Crippen molar-refractivity contribution in [1.82, 2.24) is 10.6 Å². The van der Waals surface area contributed by atoms with Crippen LogP contribution in [0, 0.1) is 5.92 Å². The van der Waals surface area contributed by atoms with E-state index in [0.717, 1.165) is 24.1 Å². The molecular weight excluding hydrogens is 284 g/mol. The lowest BCUT2D eigenvalue weighted by atomic mass is 9.90. The average Bonchev–Trinajstić information content (AvgIpc) is 2.87. The molecule has 2 amide bonds. The van der Waals surface area contributed by atoms with Crippen LogP contribution in [0.4, 0.5) is 0 Å². The maximum Gasteiger partial charge on any atom is 0.262 e. The predicted octanol–water partition coefficient (Wildman–Crippen LogP) is 2.52. The second-order valence-electron chi connectivity index (χ2n) is 5.89. The highest BCUT2D eigenvalue weighted by Gasteiger charge is 2.22. The van der Waals surface area contributed by atoms with E-state index in [9.17, 15) is 9.59 Å². The first-order valence-corrected chi connectivity index (χ1v) is 8.53. The average molecular weight is 308 g/mol. The van der Waals surface area contributed by atoms with E-state index >= 15 is 0 Å². The third-order valence-electron chi connectivity index (χ3n) is 3.84. The second kappa shape index (κ2) is 7.07. The Morgan fingerprint density at radius 3 is 2.95 bits per heavy atom. The zero-order valence-electron chi connectivity index (χ0n) is 13.0. The zero-order chi connectivity index (χ0) is 15.4. The maximum absolute atomic E-state index is 12.3. The largest absolute Gasteiger partial charge is 0.354 e. The number of carbonyl (C=O) groups excluding carboxylic acids is 2. The Morgan fingerprint density at radius 1 is 1.48 bits per heavy atom. The monoisotopic (exact) mass is 308 g/mol. The van der Waals surface area contributed by atoms with Crippen molar-refractivity contribution in [2.75, 3.05) is 6.54 Å². The number of nitrogens with one attached hydrogen (secondary N) is 2. The summed E-state index contributed by atoms with van der Waals surface area (Å²) in [6, 6.07) is 1.50. The lowest BCUT2D eigenvalue weighted by Crippen LogP contribution is -2.44. The number of amides is 2. The Kier molecular flexibility index (Phi) is 5.39. The maximum atomic E-state index is 12.3. The number of carbonyl (C=O) groups is 2. The van der Waals surface area contributed by atoms with Crippen LogP contribution in [-0.2, 0) is 17.6 Å².